The van der Waals surface area contributed by atoms with Crippen LogP contribution in [0.2, 0.25) is 0 Å². The standard InChI is InChI=1S/C15H23BrN2O/c1-11(19)12-4-5-15(14(16)10-12)18(3)13-6-8-17(2)9-7-13/h4-5,10-11,13,19H,6-9H2,1-3H3/t11-/m0/s1. The minimum Gasteiger partial charge on any atom is -0.389 e. The van der Waals surface area contributed by atoms with E-state index >= 15 is 0 Å². The highest BCUT2D eigenvalue weighted by Gasteiger charge is 2.22. The zero-order valence-corrected chi connectivity index (χ0v) is 13.5. The van der Waals surface area contributed by atoms with E-state index in [0.717, 1.165) is 10.0 Å². The quantitative estimate of drug-likeness (QED) is 0.924. The lowest BCUT2D eigenvalue weighted by atomic mass is 10.0. The molecular formula is C15H23BrN2O. The van der Waals surface area contributed by atoms with E-state index in [9.17, 15) is 5.11 Å². The van der Waals surface area contributed by atoms with Crippen molar-refractivity contribution in [3.05, 3.63) is 28.2 Å². The summed E-state index contributed by atoms with van der Waals surface area (Å²) in [6.07, 6.45) is 1.99. The first kappa shape index (κ1) is 14.8. The Morgan fingerprint density at radius 1 is 1.37 bits per heavy atom. The summed E-state index contributed by atoms with van der Waals surface area (Å²) in [5, 5.41) is 9.62. The predicted molar refractivity (Wildman–Crippen MR) is 83.7 cm³/mol. The van der Waals surface area contributed by atoms with Crippen LogP contribution in [0.4, 0.5) is 5.69 Å². The number of halogens is 1. The maximum atomic E-state index is 9.62. The van der Waals surface area contributed by atoms with Gasteiger partial charge in [-0.1, -0.05) is 6.07 Å². The number of aliphatic hydroxyl groups is 1. The molecule has 0 radical (unpaired) electrons. The second kappa shape index (κ2) is 6.25. The summed E-state index contributed by atoms with van der Waals surface area (Å²) >= 11 is 3.63. The molecule has 19 heavy (non-hydrogen) atoms. The van der Waals surface area contributed by atoms with Crippen LogP contribution < -0.4 is 4.90 Å². The molecule has 0 spiro atoms. The van der Waals surface area contributed by atoms with Crippen LogP contribution in [0.3, 0.4) is 0 Å². The molecule has 0 saturated carbocycles. The van der Waals surface area contributed by atoms with Crippen LogP contribution in [0.1, 0.15) is 31.4 Å². The Balaban J connectivity index is 2.12. The molecule has 1 heterocycles. The first-order valence-electron chi connectivity index (χ1n) is 6.88. The molecular weight excluding hydrogens is 304 g/mol. The summed E-state index contributed by atoms with van der Waals surface area (Å²) in [6.45, 7) is 4.12. The monoisotopic (exact) mass is 326 g/mol. The average molecular weight is 327 g/mol. The van der Waals surface area contributed by atoms with Crippen molar-refractivity contribution in [1.29, 1.82) is 0 Å². The zero-order valence-electron chi connectivity index (χ0n) is 11.9. The van der Waals surface area contributed by atoms with Gasteiger partial charge in [0.2, 0.25) is 0 Å². The van der Waals surface area contributed by atoms with Crippen LogP contribution in [0.15, 0.2) is 22.7 Å². The summed E-state index contributed by atoms with van der Waals surface area (Å²) < 4.78 is 1.06. The molecule has 0 aromatic heterocycles. The van der Waals surface area contributed by atoms with Gasteiger partial charge in [0.05, 0.1) is 11.8 Å². The number of likely N-dealkylation sites (tertiary alicyclic amines) is 1. The van der Waals surface area contributed by atoms with Crippen LogP contribution in [0, 0.1) is 0 Å². The summed E-state index contributed by atoms with van der Waals surface area (Å²) in [6, 6.07) is 6.73. The molecule has 106 valence electrons. The fraction of sp³-hybridized carbons (Fsp3) is 0.600. The van der Waals surface area contributed by atoms with Crippen molar-refractivity contribution in [3.8, 4) is 0 Å². The third-order valence-electron chi connectivity index (χ3n) is 4.07. The van der Waals surface area contributed by atoms with Crippen molar-refractivity contribution in [1.82, 2.24) is 4.90 Å². The summed E-state index contributed by atoms with van der Waals surface area (Å²) in [4.78, 5) is 4.75. The van der Waals surface area contributed by atoms with Gasteiger partial charge >= 0.3 is 0 Å². The molecule has 1 aliphatic rings. The molecule has 0 unspecified atom stereocenters. The number of nitrogens with zero attached hydrogens (tertiary/aromatic N) is 2. The molecule has 1 saturated heterocycles. The Morgan fingerprint density at radius 2 is 2.00 bits per heavy atom. The number of hydrogen-bond donors (Lipinski definition) is 1. The van der Waals surface area contributed by atoms with Crippen LogP contribution in [-0.4, -0.2) is 43.2 Å². The van der Waals surface area contributed by atoms with Gasteiger partial charge in [0.25, 0.3) is 0 Å². The summed E-state index contributed by atoms with van der Waals surface area (Å²) in [5.41, 5.74) is 2.16. The second-order valence-corrected chi connectivity index (χ2v) is 6.39. The normalized spacial score (nSPS) is 19.4. The van der Waals surface area contributed by atoms with Crippen LogP contribution in [-0.2, 0) is 0 Å². The second-order valence-electron chi connectivity index (χ2n) is 5.53. The maximum absolute atomic E-state index is 9.62. The van der Waals surface area contributed by atoms with Gasteiger partial charge in [0, 0.05) is 17.6 Å². The lowest BCUT2D eigenvalue weighted by Crippen LogP contribution is -2.42. The molecule has 1 N–H and O–H groups in total. The van der Waals surface area contributed by atoms with Crippen LogP contribution in [0.25, 0.3) is 0 Å². The van der Waals surface area contributed by atoms with Crippen molar-refractivity contribution >= 4 is 21.6 Å². The van der Waals surface area contributed by atoms with E-state index in [1.165, 1.54) is 31.6 Å². The lowest BCUT2D eigenvalue weighted by molar-refractivity contribution is 0.199. The third kappa shape index (κ3) is 3.50. The number of anilines is 1. The fourth-order valence-corrected chi connectivity index (χ4v) is 3.32. The van der Waals surface area contributed by atoms with Crippen molar-refractivity contribution in [2.75, 3.05) is 32.1 Å². The van der Waals surface area contributed by atoms with Gasteiger partial charge in [0.15, 0.2) is 0 Å². The highest BCUT2D eigenvalue weighted by molar-refractivity contribution is 9.10. The Kier molecular flexibility index (Phi) is 4.87. The molecule has 3 nitrogen and oxygen atoms in total. The number of rotatable bonds is 3. The average Bonchev–Trinajstić information content (AvgIpc) is 2.38. The summed E-state index contributed by atoms with van der Waals surface area (Å²) in [7, 11) is 4.35. The maximum Gasteiger partial charge on any atom is 0.0762 e. The van der Waals surface area contributed by atoms with Crippen molar-refractivity contribution < 1.29 is 5.11 Å². The molecule has 0 bridgehead atoms. The van der Waals surface area contributed by atoms with E-state index in [0.29, 0.717) is 6.04 Å². The van der Waals surface area contributed by atoms with Gasteiger partial charge in [-0.15, -0.1) is 0 Å². The van der Waals surface area contributed by atoms with Crippen LogP contribution in [0.5, 0.6) is 0 Å². The van der Waals surface area contributed by atoms with E-state index in [2.05, 4.69) is 45.9 Å². The smallest absolute Gasteiger partial charge is 0.0762 e. The molecule has 1 fully saturated rings. The minimum atomic E-state index is -0.418. The number of hydrogen-bond acceptors (Lipinski definition) is 3. The van der Waals surface area contributed by atoms with Gasteiger partial charge in [0.1, 0.15) is 0 Å². The Labute approximate surface area is 124 Å². The van der Waals surface area contributed by atoms with Gasteiger partial charge in [-0.3, -0.25) is 0 Å². The topological polar surface area (TPSA) is 26.7 Å². The molecule has 0 amide bonds. The highest BCUT2D eigenvalue weighted by Crippen LogP contribution is 2.31. The van der Waals surface area contributed by atoms with Gasteiger partial charge < -0.3 is 14.9 Å². The Bertz CT molecular complexity index is 428. The number of aliphatic hydroxyl groups excluding tert-OH is 1. The van der Waals surface area contributed by atoms with E-state index < -0.39 is 6.10 Å². The molecule has 0 aliphatic carbocycles. The molecule has 1 aromatic rings. The SMILES string of the molecule is C[C@H](O)c1ccc(N(C)C2CCN(C)CC2)c(Br)c1. The minimum absolute atomic E-state index is 0.418. The Morgan fingerprint density at radius 3 is 2.53 bits per heavy atom. The van der Waals surface area contributed by atoms with Crippen molar-refractivity contribution in [2.24, 2.45) is 0 Å². The van der Waals surface area contributed by atoms with Crippen molar-refractivity contribution in [2.45, 2.75) is 31.9 Å². The number of benzene rings is 1. The molecule has 1 atom stereocenters. The highest BCUT2D eigenvalue weighted by atomic mass is 79.9. The van der Waals surface area contributed by atoms with Crippen LogP contribution >= 0.6 is 15.9 Å². The largest absolute Gasteiger partial charge is 0.389 e. The van der Waals surface area contributed by atoms with E-state index in [1.807, 2.05) is 12.1 Å². The predicted octanol–water partition coefficient (Wildman–Crippen LogP) is 3.03. The van der Waals surface area contributed by atoms with Crippen molar-refractivity contribution in [3.63, 3.8) is 0 Å². The van der Waals surface area contributed by atoms with Gasteiger partial charge in [-0.05, 0) is 73.5 Å². The first-order chi connectivity index (χ1) is 8.99. The van der Waals surface area contributed by atoms with Gasteiger partial charge in [-0.2, -0.15) is 0 Å². The molecule has 1 aromatic carbocycles. The fourth-order valence-electron chi connectivity index (χ4n) is 2.65. The molecule has 2 rings (SSSR count). The van der Waals surface area contributed by atoms with E-state index in [4.69, 9.17) is 0 Å². The third-order valence-corrected chi connectivity index (χ3v) is 4.71. The summed E-state index contributed by atoms with van der Waals surface area (Å²) in [5.74, 6) is 0. The molecule has 4 heteroatoms. The lowest BCUT2D eigenvalue weighted by Gasteiger charge is -2.37. The molecule has 1 aliphatic heterocycles. The Hall–Kier alpha value is -0.580. The first-order valence-corrected chi connectivity index (χ1v) is 7.67. The van der Waals surface area contributed by atoms with E-state index in [1.54, 1.807) is 6.92 Å². The van der Waals surface area contributed by atoms with E-state index in [-0.39, 0.29) is 0 Å². The van der Waals surface area contributed by atoms with Gasteiger partial charge in [-0.25, -0.2) is 0 Å². The zero-order chi connectivity index (χ0) is 14.0. The number of piperidine rings is 1.